The van der Waals surface area contributed by atoms with Crippen LogP contribution in [0.3, 0.4) is 0 Å². The SMILES string of the molecule is CS(=O)(=O)c1ccc2nc(/C=C/C(=O)O)sc2c1. The van der Waals surface area contributed by atoms with Gasteiger partial charge in [-0.3, -0.25) is 0 Å². The van der Waals surface area contributed by atoms with Gasteiger partial charge in [-0.1, -0.05) is 0 Å². The number of carboxylic acids is 1. The van der Waals surface area contributed by atoms with Crippen LogP contribution in [0.15, 0.2) is 29.2 Å². The molecule has 1 aromatic heterocycles. The minimum atomic E-state index is -3.24. The van der Waals surface area contributed by atoms with E-state index in [1.165, 1.54) is 23.5 Å². The van der Waals surface area contributed by atoms with Crippen LogP contribution < -0.4 is 0 Å². The van der Waals surface area contributed by atoms with E-state index in [-0.39, 0.29) is 4.90 Å². The van der Waals surface area contributed by atoms with Crippen molar-refractivity contribution in [2.24, 2.45) is 0 Å². The summed E-state index contributed by atoms with van der Waals surface area (Å²) in [6, 6.07) is 4.64. The molecular weight excluding hydrogens is 274 g/mol. The Morgan fingerprint density at radius 3 is 2.78 bits per heavy atom. The molecule has 0 aliphatic rings. The highest BCUT2D eigenvalue weighted by atomic mass is 32.2. The summed E-state index contributed by atoms with van der Waals surface area (Å²) < 4.78 is 23.5. The van der Waals surface area contributed by atoms with Crippen LogP contribution >= 0.6 is 11.3 Å². The molecule has 0 saturated carbocycles. The second kappa shape index (κ2) is 4.51. The molecule has 0 unspecified atom stereocenters. The maximum atomic E-state index is 11.4. The van der Waals surface area contributed by atoms with Crippen LogP contribution in [0.1, 0.15) is 5.01 Å². The molecule has 0 radical (unpaired) electrons. The quantitative estimate of drug-likeness (QED) is 0.868. The molecule has 0 atom stereocenters. The van der Waals surface area contributed by atoms with Gasteiger partial charge in [0.05, 0.1) is 15.1 Å². The summed E-state index contributed by atoms with van der Waals surface area (Å²) >= 11 is 1.24. The van der Waals surface area contributed by atoms with E-state index < -0.39 is 15.8 Å². The molecule has 94 valence electrons. The van der Waals surface area contributed by atoms with Crippen molar-refractivity contribution in [2.75, 3.05) is 6.26 Å². The van der Waals surface area contributed by atoms with Crippen molar-refractivity contribution in [2.45, 2.75) is 4.90 Å². The molecule has 0 saturated heterocycles. The number of sulfone groups is 1. The number of aliphatic carboxylic acids is 1. The van der Waals surface area contributed by atoms with Gasteiger partial charge in [0.2, 0.25) is 0 Å². The maximum Gasteiger partial charge on any atom is 0.328 e. The lowest BCUT2D eigenvalue weighted by Gasteiger charge is -1.96. The van der Waals surface area contributed by atoms with Crippen LogP contribution in [0, 0.1) is 0 Å². The summed E-state index contributed by atoms with van der Waals surface area (Å²) in [6.07, 6.45) is 3.52. The zero-order valence-electron chi connectivity index (χ0n) is 9.32. The van der Waals surface area contributed by atoms with Crippen molar-refractivity contribution in [3.63, 3.8) is 0 Å². The number of aromatic nitrogens is 1. The molecule has 0 aliphatic heterocycles. The number of thiazole rings is 1. The second-order valence-electron chi connectivity index (χ2n) is 3.63. The fourth-order valence-electron chi connectivity index (χ4n) is 1.37. The lowest BCUT2D eigenvalue weighted by Crippen LogP contribution is -1.95. The third-order valence-corrected chi connectivity index (χ3v) is 4.27. The summed E-state index contributed by atoms with van der Waals surface area (Å²) in [4.78, 5) is 14.8. The molecule has 2 aromatic rings. The molecule has 0 aliphatic carbocycles. The van der Waals surface area contributed by atoms with E-state index in [2.05, 4.69) is 4.98 Å². The zero-order valence-corrected chi connectivity index (χ0v) is 11.0. The van der Waals surface area contributed by atoms with Gasteiger partial charge in [-0.05, 0) is 24.3 Å². The molecule has 18 heavy (non-hydrogen) atoms. The van der Waals surface area contributed by atoms with Gasteiger partial charge < -0.3 is 5.11 Å². The first-order chi connectivity index (χ1) is 8.36. The molecule has 0 amide bonds. The smallest absolute Gasteiger partial charge is 0.328 e. The minimum absolute atomic E-state index is 0.229. The number of carboxylic acid groups (broad SMARTS) is 1. The normalized spacial score (nSPS) is 12.3. The third-order valence-electron chi connectivity index (χ3n) is 2.17. The van der Waals surface area contributed by atoms with Gasteiger partial charge in [0.15, 0.2) is 9.84 Å². The summed E-state index contributed by atoms with van der Waals surface area (Å²) in [7, 11) is -3.24. The zero-order chi connectivity index (χ0) is 13.3. The van der Waals surface area contributed by atoms with E-state index >= 15 is 0 Å². The molecule has 1 aromatic carbocycles. The van der Waals surface area contributed by atoms with E-state index in [1.54, 1.807) is 12.1 Å². The molecule has 1 heterocycles. The van der Waals surface area contributed by atoms with Crippen molar-refractivity contribution in [3.05, 3.63) is 29.3 Å². The minimum Gasteiger partial charge on any atom is -0.478 e. The lowest BCUT2D eigenvalue weighted by molar-refractivity contribution is -0.131. The predicted octanol–water partition coefficient (Wildman–Crippen LogP) is 1.80. The predicted molar refractivity (Wildman–Crippen MR) is 69.4 cm³/mol. The first kappa shape index (κ1) is 12.7. The number of hydrogen-bond donors (Lipinski definition) is 1. The van der Waals surface area contributed by atoms with E-state index in [0.29, 0.717) is 15.2 Å². The van der Waals surface area contributed by atoms with E-state index in [4.69, 9.17) is 5.11 Å². The molecular formula is C11H9NO4S2. The largest absolute Gasteiger partial charge is 0.478 e. The number of hydrogen-bond acceptors (Lipinski definition) is 5. The van der Waals surface area contributed by atoms with E-state index in [0.717, 1.165) is 12.3 Å². The Morgan fingerprint density at radius 2 is 2.17 bits per heavy atom. The number of benzene rings is 1. The number of fused-ring (bicyclic) bond motifs is 1. The number of nitrogens with zero attached hydrogens (tertiary/aromatic N) is 1. The van der Waals surface area contributed by atoms with Crippen molar-refractivity contribution in [1.29, 1.82) is 0 Å². The van der Waals surface area contributed by atoms with Crippen LogP contribution in [0.4, 0.5) is 0 Å². The van der Waals surface area contributed by atoms with Crippen LogP contribution in [0.25, 0.3) is 16.3 Å². The van der Waals surface area contributed by atoms with Crippen LogP contribution in [0.2, 0.25) is 0 Å². The standard InChI is InChI=1S/C11H9NO4S2/c1-18(15,16)7-2-3-8-9(6-7)17-10(12-8)4-5-11(13)14/h2-6H,1H3,(H,13,14)/b5-4+. The molecule has 5 nitrogen and oxygen atoms in total. The monoisotopic (exact) mass is 283 g/mol. The van der Waals surface area contributed by atoms with Gasteiger partial charge in [0.25, 0.3) is 0 Å². The fourth-order valence-corrected chi connectivity index (χ4v) is 3.00. The van der Waals surface area contributed by atoms with Gasteiger partial charge in [-0.15, -0.1) is 11.3 Å². The van der Waals surface area contributed by atoms with Gasteiger partial charge in [0.1, 0.15) is 5.01 Å². The van der Waals surface area contributed by atoms with Crippen molar-refractivity contribution in [3.8, 4) is 0 Å². The Balaban J connectivity index is 2.49. The Kier molecular flexibility index (Phi) is 3.18. The van der Waals surface area contributed by atoms with Crippen LogP contribution in [0.5, 0.6) is 0 Å². The van der Waals surface area contributed by atoms with Crippen LogP contribution in [-0.4, -0.2) is 30.7 Å². The Hall–Kier alpha value is -1.73. The summed E-state index contributed by atoms with van der Waals surface area (Å²) in [5.41, 5.74) is 0.650. The molecule has 0 fully saturated rings. The van der Waals surface area contributed by atoms with Gasteiger partial charge in [-0.2, -0.15) is 0 Å². The third kappa shape index (κ3) is 2.74. The number of carbonyl (C=O) groups is 1. The maximum absolute atomic E-state index is 11.4. The highest BCUT2D eigenvalue weighted by Crippen LogP contribution is 2.25. The molecule has 7 heteroatoms. The van der Waals surface area contributed by atoms with Crippen LogP contribution in [-0.2, 0) is 14.6 Å². The summed E-state index contributed by atoms with van der Waals surface area (Å²) in [5, 5.41) is 9.04. The molecule has 0 spiro atoms. The average molecular weight is 283 g/mol. The lowest BCUT2D eigenvalue weighted by atomic mass is 10.3. The molecule has 1 N–H and O–H groups in total. The van der Waals surface area contributed by atoms with Gasteiger partial charge in [0, 0.05) is 12.3 Å². The van der Waals surface area contributed by atoms with Crippen molar-refractivity contribution < 1.29 is 18.3 Å². The topological polar surface area (TPSA) is 84.3 Å². The summed E-state index contributed by atoms with van der Waals surface area (Å²) in [6.45, 7) is 0. The Bertz CT molecular complexity index is 743. The molecule has 2 rings (SSSR count). The Labute approximate surface area is 107 Å². The van der Waals surface area contributed by atoms with Crippen molar-refractivity contribution in [1.82, 2.24) is 4.98 Å². The Morgan fingerprint density at radius 1 is 1.44 bits per heavy atom. The van der Waals surface area contributed by atoms with Gasteiger partial charge >= 0.3 is 5.97 Å². The second-order valence-corrected chi connectivity index (χ2v) is 6.70. The van der Waals surface area contributed by atoms with Crippen molar-refractivity contribution >= 4 is 43.4 Å². The first-order valence-corrected chi connectivity index (χ1v) is 7.59. The highest BCUT2D eigenvalue weighted by molar-refractivity contribution is 7.90. The first-order valence-electron chi connectivity index (χ1n) is 4.88. The van der Waals surface area contributed by atoms with E-state index in [1.807, 2.05) is 0 Å². The van der Waals surface area contributed by atoms with Gasteiger partial charge in [-0.25, -0.2) is 18.2 Å². The highest BCUT2D eigenvalue weighted by Gasteiger charge is 2.09. The molecule has 0 bridgehead atoms. The van der Waals surface area contributed by atoms with E-state index in [9.17, 15) is 13.2 Å². The average Bonchev–Trinajstić information content (AvgIpc) is 2.66. The number of rotatable bonds is 3. The fraction of sp³-hybridized carbons (Fsp3) is 0.0909. The summed E-state index contributed by atoms with van der Waals surface area (Å²) in [5.74, 6) is -1.05.